The summed E-state index contributed by atoms with van der Waals surface area (Å²) < 4.78 is 7.17. The van der Waals surface area contributed by atoms with Gasteiger partial charge in [-0.2, -0.15) is 0 Å². The summed E-state index contributed by atoms with van der Waals surface area (Å²) in [7, 11) is 0. The van der Waals surface area contributed by atoms with Crippen molar-refractivity contribution >= 4 is 50.2 Å². The van der Waals surface area contributed by atoms with Gasteiger partial charge in [0, 0.05) is 32.4 Å². The average Bonchev–Trinajstić information content (AvgIpc) is 2.88. The van der Waals surface area contributed by atoms with E-state index >= 15 is 0 Å². The third kappa shape index (κ3) is 5.95. The molecule has 0 fully saturated rings. The number of fused-ring (bicyclic) bond motifs is 1. The van der Waals surface area contributed by atoms with E-state index in [0.717, 1.165) is 43.2 Å². The number of aromatic hydroxyl groups is 1. The molecule has 6 nitrogen and oxygen atoms in total. The molecule has 2 N–H and O–H groups in total. The van der Waals surface area contributed by atoms with Gasteiger partial charge in [-0.05, 0) is 73.2 Å². The highest BCUT2D eigenvalue weighted by Gasteiger charge is 2.12. The van der Waals surface area contributed by atoms with Gasteiger partial charge in [-0.25, -0.2) is 15.0 Å². The molecule has 0 atom stereocenters. The van der Waals surface area contributed by atoms with E-state index in [9.17, 15) is 5.11 Å². The molecule has 5 rings (SSSR count). The summed E-state index contributed by atoms with van der Waals surface area (Å²) >= 11 is 5.06. The zero-order valence-electron chi connectivity index (χ0n) is 19.5. The first kappa shape index (κ1) is 24.1. The van der Waals surface area contributed by atoms with Gasteiger partial charge in [0.05, 0.1) is 17.7 Å². The smallest absolute Gasteiger partial charge is 0.164 e. The molecule has 5 aromatic rings. The fraction of sp³-hybridized carbons (Fsp3) is 0.107. The summed E-state index contributed by atoms with van der Waals surface area (Å²) in [6, 6.07) is 25.3. The van der Waals surface area contributed by atoms with Crippen molar-refractivity contribution in [2.75, 3.05) is 11.9 Å². The molecule has 0 saturated heterocycles. The summed E-state index contributed by atoms with van der Waals surface area (Å²) in [5, 5.41) is 14.0. The molecule has 8 heteroatoms. The Morgan fingerprint density at radius 2 is 1.75 bits per heavy atom. The molecule has 2 heterocycles. The predicted molar refractivity (Wildman–Crippen MR) is 147 cm³/mol. The van der Waals surface area contributed by atoms with Crippen molar-refractivity contribution in [1.82, 2.24) is 15.0 Å². The topological polar surface area (TPSA) is 80.2 Å². The molecule has 0 radical (unpaired) electrons. The number of nitrogens with one attached hydrogen (secondary N) is 1. The third-order valence-electron chi connectivity index (χ3n) is 5.48. The van der Waals surface area contributed by atoms with E-state index in [0.29, 0.717) is 18.1 Å². The van der Waals surface area contributed by atoms with Crippen LogP contribution in [0.15, 0.2) is 99.5 Å². The van der Waals surface area contributed by atoms with Crippen LogP contribution in [0.2, 0.25) is 0 Å². The highest BCUT2D eigenvalue weighted by Crippen LogP contribution is 2.38. The van der Waals surface area contributed by atoms with Crippen LogP contribution in [0.5, 0.6) is 11.5 Å². The Morgan fingerprint density at radius 3 is 2.56 bits per heavy atom. The molecule has 0 aliphatic heterocycles. The fourth-order valence-corrected chi connectivity index (χ4v) is 4.78. The van der Waals surface area contributed by atoms with Crippen LogP contribution in [0.4, 0.5) is 11.5 Å². The van der Waals surface area contributed by atoms with E-state index in [4.69, 9.17) is 4.74 Å². The van der Waals surface area contributed by atoms with Gasteiger partial charge < -0.3 is 15.2 Å². The zero-order valence-corrected chi connectivity index (χ0v) is 21.9. The number of nitrogens with zero attached hydrogens (tertiary/aromatic N) is 3. The molecule has 0 saturated carbocycles. The first-order valence-corrected chi connectivity index (χ1v) is 13.0. The number of hydrogen-bond donors (Lipinski definition) is 2. The number of phenolic OH excluding ortho intramolecular Hbond substituents is 1. The Balaban J connectivity index is 1.42. The van der Waals surface area contributed by atoms with E-state index in [2.05, 4.69) is 48.3 Å². The minimum absolute atomic E-state index is 0.238. The summed E-state index contributed by atoms with van der Waals surface area (Å²) in [5.74, 6) is 1.67. The maximum Gasteiger partial charge on any atom is 0.164 e. The second kappa shape index (κ2) is 11.0. The summed E-state index contributed by atoms with van der Waals surface area (Å²) in [5.41, 5.74) is 3.61. The molecule has 0 unspecified atom stereocenters. The van der Waals surface area contributed by atoms with Gasteiger partial charge in [-0.3, -0.25) is 0 Å². The Bertz CT molecular complexity index is 1490. The van der Waals surface area contributed by atoms with Crippen LogP contribution in [0.3, 0.4) is 0 Å². The van der Waals surface area contributed by atoms with Gasteiger partial charge in [0.15, 0.2) is 5.65 Å². The van der Waals surface area contributed by atoms with E-state index in [1.54, 1.807) is 23.9 Å². The summed E-state index contributed by atoms with van der Waals surface area (Å²) in [4.78, 5) is 15.3. The van der Waals surface area contributed by atoms with Crippen molar-refractivity contribution in [3.63, 3.8) is 0 Å². The number of rotatable bonds is 8. The highest BCUT2D eigenvalue weighted by molar-refractivity contribution is 9.10. The zero-order chi connectivity index (χ0) is 24.9. The quantitative estimate of drug-likeness (QED) is 0.206. The first-order chi connectivity index (χ1) is 17.5. The maximum atomic E-state index is 9.65. The summed E-state index contributed by atoms with van der Waals surface area (Å²) in [6.45, 7) is 2.50. The Kier molecular flexibility index (Phi) is 7.34. The van der Waals surface area contributed by atoms with Crippen LogP contribution in [0.1, 0.15) is 11.3 Å². The van der Waals surface area contributed by atoms with Gasteiger partial charge in [0.25, 0.3) is 0 Å². The van der Waals surface area contributed by atoms with Crippen molar-refractivity contribution < 1.29 is 9.84 Å². The van der Waals surface area contributed by atoms with E-state index in [1.165, 1.54) is 11.9 Å². The molecule has 0 amide bonds. The lowest BCUT2D eigenvalue weighted by Crippen LogP contribution is -2.03. The normalized spacial score (nSPS) is 10.9. The number of halogens is 1. The number of hydrogen-bond acceptors (Lipinski definition) is 7. The number of phenols is 1. The van der Waals surface area contributed by atoms with Crippen LogP contribution < -0.4 is 10.1 Å². The maximum absolute atomic E-state index is 9.65. The number of aromatic nitrogens is 3. The molecule has 3 aromatic carbocycles. The number of benzene rings is 3. The van der Waals surface area contributed by atoms with E-state index in [1.807, 2.05) is 61.5 Å². The lowest BCUT2D eigenvalue weighted by molar-refractivity contribution is 0.322. The first-order valence-electron chi connectivity index (χ1n) is 11.4. The minimum atomic E-state index is 0.238. The predicted octanol–water partition coefficient (Wildman–Crippen LogP) is 7.32. The lowest BCUT2D eigenvalue weighted by Gasteiger charge is -2.15. The minimum Gasteiger partial charge on any atom is -0.508 e. The monoisotopic (exact) mass is 558 g/mol. The number of pyridine rings is 1. The lowest BCUT2D eigenvalue weighted by atomic mass is 10.2. The summed E-state index contributed by atoms with van der Waals surface area (Å²) in [6.07, 6.45) is 2.32. The fourth-order valence-electron chi connectivity index (χ4n) is 3.63. The van der Waals surface area contributed by atoms with Crippen LogP contribution >= 0.6 is 27.7 Å². The number of aryl methyl sites for hydroxylation is 1. The molecule has 2 aromatic heterocycles. The van der Waals surface area contributed by atoms with Crippen LogP contribution in [0.25, 0.3) is 11.0 Å². The molecule has 0 aliphatic carbocycles. The van der Waals surface area contributed by atoms with Crippen LogP contribution in [0, 0.1) is 6.92 Å². The molecule has 0 bridgehead atoms. The molecule has 0 spiro atoms. The number of ether oxygens (including phenoxy) is 1. The Hall–Kier alpha value is -3.62. The highest BCUT2D eigenvalue weighted by atomic mass is 79.9. The molecular weight excluding hydrogens is 536 g/mol. The van der Waals surface area contributed by atoms with E-state index in [-0.39, 0.29) is 5.75 Å². The van der Waals surface area contributed by atoms with Crippen molar-refractivity contribution in [2.45, 2.75) is 23.1 Å². The standard InChI is InChI=1S/C28H23BrN4O2S/c1-18-2-12-24-27(32-18)30-17-31-28(24)33-25-16-22(35-15-14-19-3-5-20(29)6-4-19)9-13-26(25)36-23-10-7-21(34)8-11-23/h2-13,16-17,34H,14-15H2,1H3,(H,30,31,32,33). The van der Waals surface area contributed by atoms with Crippen molar-refractivity contribution in [3.8, 4) is 11.5 Å². The van der Waals surface area contributed by atoms with Gasteiger partial charge in [-0.15, -0.1) is 0 Å². The van der Waals surface area contributed by atoms with Crippen LogP contribution in [-0.4, -0.2) is 26.7 Å². The third-order valence-corrected chi connectivity index (χ3v) is 7.09. The van der Waals surface area contributed by atoms with Crippen molar-refractivity contribution in [2.24, 2.45) is 0 Å². The molecule has 36 heavy (non-hydrogen) atoms. The van der Waals surface area contributed by atoms with Gasteiger partial charge in [0.1, 0.15) is 23.6 Å². The second-order valence-corrected chi connectivity index (χ2v) is 10.2. The van der Waals surface area contributed by atoms with Crippen molar-refractivity contribution in [1.29, 1.82) is 0 Å². The van der Waals surface area contributed by atoms with Crippen LogP contribution in [-0.2, 0) is 6.42 Å². The van der Waals surface area contributed by atoms with Gasteiger partial charge >= 0.3 is 0 Å². The van der Waals surface area contributed by atoms with Gasteiger partial charge in [0.2, 0.25) is 0 Å². The largest absolute Gasteiger partial charge is 0.508 e. The Labute approximate surface area is 221 Å². The average molecular weight is 559 g/mol. The van der Waals surface area contributed by atoms with Gasteiger partial charge in [-0.1, -0.05) is 39.8 Å². The molecule has 180 valence electrons. The van der Waals surface area contributed by atoms with Crippen molar-refractivity contribution in [3.05, 3.63) is 101 Å². The SMILES string of the molecule is Cc1ccc2c(Nc3cc(OCCc4ccc(Br)cc4)ccc3Sc3ccc(O)cc3)ncnc2n1. The molecule has 0 aliphatic rings. The van der Waals surface area contributed by atoms with E-state index < -0.39 is 0 Å². The second-order valence-electron chi connectivity index (χ2n) is 8.15. The molecular formula is C28H23BrN4O2S. The Morgan fingerprint density at radius 1 is 0.944 bits per heavy atom. The number of anilines is 2.